The van der Waals surface area contributed by atoms with E-state index in [4.69, 9.17) is 5.11 Å². The Morgan fingerprint density at radius 2 is 1.88 bits per heavy atom. The summed E-state index contributed by atoms with van der Waals surface area (Å²) in [6, 6.07) is 8.16. The quantitative estimate of drug-likeness (QED) is 0.767. The summed E-state index contributed by atoms with van der Waals surface area (Å²) in [5.74, 6) is -0.123. The Kier molecular flexibility index (Phi) is 5.19. The zero-order valence-corrected chi connectivity index (χ0v) is 14.2. The number of aryl methyl sites for hydroxylation is 1. The van der Waals surface area contributed by atoms with Gasteiger partial charge in [-0.15, -0.1) is 0 Å². The molecule has 24 heavy (non-hydrogen) atoms. The lowest BCUT2D eigenvalue weighted by Crippen LogP contribution is -2.55. The number of aliphatic carboxylic acids is 1. The lowest BCUT2D eigenvalue weighted by molar-refractivity contribution is -0.139. The van der Waals surface area contributed by atoms with Crippen molar-refractivity contribution < 1.29 is 14.7 Å². The van der Waals surface area contributed by atoms with E-state index < -0.39 is 5.97 Å². The summed E-state index contributed by atoms with van der Waals surface area (Å²) in [6.07, 6.45) is 5.09. The third-order valence-electron chi connectivity index (χ3n) is 5.12. The highest BCUT2D eigenvalue weighted by Crippen LogP contribution is 2.33. The molecule has 2 fully saturated rings. The van der Waals surface area contributed by atoms with Gasteiger partial charge in [-0.25, -0.2) is 0 Å². The Labute approximate surface area is 143 Å². The van der Waals surface area contributed by atoms with Crippen molar-refractivity contribution in [3.8, 4) is 0 Å². The van der Waals surface area contributed by atoms with Crippen molar-refractivity contribution in [1.82, 2.24) is 10.2 Å². The molecule has 0 atom stereocenters. The van der Waals surface area contributed by atoms with E-state index in [2.05, 4.69) is 17.1 Å². The number of benzene rings is 1. The van der Waals surface area contributed by atoms with Gasteiger partial charge in [0.2, 0.25) is 0 Å². The van der Waals surface area contributed by atoms with Crippen molar-refractivity contribution in [3.05, 3.63) is 35.4 Å². The van der Waals surface area contributed by atoms with Crippen molar-refractivity contribution in [1.29, 1.82) is 0 Å². The second-order valence-corrected chi connectivity index (χ2v) is 7.11. The van der Waals surface area contributed by atoms with Crippen LogP contribution >= 0.6 is 0 Å². The fourth-order valence-corrected chi connectivity index (χ4v) is 3.31. The van der Waals surface area contributed by atoms with Crippen LogP contribution < -0.4 is 5.32 Å². The summed E-state index contributed by atoms with van der Waals surface area (Å²) in [4.78, 5) is 25.4. The molecule has 0 spiro atoms. The van der Waals surface area contributed by atoms with Gasteiger partial charge in [-0.05, 0) is 55.7 Å². The van der Waals surface area contributed by atoms with Crippen molar-refractivity contribution in [2.45, 2.75) is 51.1 Å². The highest BCUT2D eigenvalue weighted by molar-refractivity contribution is 5.94. The standard InChI is InChI=1S/C19H26N2O3/c1-2-13-5-7-15(8-6-13)19(24)20-16-9-17(10-16)21(12-18(22)23)11-14-3-4-14/h5-8,14,16-17H,2-4,9-12H2,1H3,(H,20,24)(H,22,23). The van der Waals surface area contributed by atoms with E-state index in [0.29, 0.717) is 11.5 Å². The average Bonchev–Trinajstić information content (AvgIpc) is 3.33. The summed E-state index contributed by atoms with van der Waals surface area (Å²) < 4.78 is 0. The Morgan fingerprint density at radius 3 is 2.42 bits per heavy atom. The van der Waals surface area contributed by atoms with Gasteiger partial charge in [0.1, 0.15) is 0 Å². The number of carbonyl (C=O) groups is 2. The fourth-order valence-electron chi connectivity index (χ4n) is 3.31. The van der Waals surface area contributed by atoms with Crippen LogP contribution in [0.5, 0.6) is 0 Å². The van der Waals surface area contributed by atoms with Crippen molar-refractivity contribution in [3.63, 3.8) is 0 Å². The van der Waals surface area contributed by atoms with E-state index in [0.717, 1.165) is 25.8 Å². The molecule has 1 aromatic carbocycles. The predicted octanol–water partition coefficient (Wildman–Crippen LogP) is 2.31. The maximum atomic E-state index is 12.3. The van der Waals surface area contributed by atoms with Crippen LogP contribution in [0.2, 0.25) is 0 Å². The molecule has 2 aliphatic carbocycles. The first-order chi connectivity index (χ1) is 11.5. The molecule has 0 aromatic heterocycles. The molecular formula is C19H26N2O3. The van der Waals surface area contributed by atoms with Gasteiger partial charge in [0.15, 0.2) is 0 Å². The molecule has 5 heteroatoms. The highest BCUT2D eigenvalue weighted by atomic mass is 16.4. The third kappa shape index (κ3) is 4.35. The molecule has 3 rings (SSSR count). The van der Waals surface area contributed by atoms with E-state index in [1.165, 1.54) is 18.4 Å². The van der Waals surface area contributed by atoms with Crippen LogP contribution in [0.25, 0.3) is 0 Å². The van der Waals surface area contributed by atoms with Gasteiger partial charge in [0.25, 0.3) is 5.91 Å². The van der Waals surface area contributed by atoms with Crippen LogP contribution in [0, 0.1) is 5.92 Å². The number of rotatable bonds is 8. The molecule has 0 heterocycles. The molecule has 2 aliphatic rings. The monoisotopic (exact) mass is 330 g/mol. The number of carbonyl (C=O) groups excluding carboxylic acids is 1. The lowest BCUT2D eigenvalue weighted by Gasteiger charge is -2.42. The van der Waals surface area contributed by atoms with Gasteiger partial charge in [0, 0.05) is 24.2 Å². The summed E-state index contributed by atoms with van der Waals surface area (Å²) in [6.45, 7) is 3.09. The molecule has 1 amide bonds. The maximum Gasteiger partial charge on any atom is 0.317 e. The van der Waals surface area contributed by atoms with Gasteiger partial charge >= 0.3 is 5.97 Å². The minimum Gasteiger partial charge on any atom is -0.480 e. The molecular weight excluding hydrogens is 304 g/mol. The fraction of sp³-hybridized carbons (Fsp3) is 0.579. The van der Waals surface area contributed by atoms with E-state index in [1.807, 2.05) is 24.3 Å². The Morgan fingerprint density at radius 1 is 1.21 bits per heavy atom. The second kappa shape index (κ2) is 7.34. The number of hydrogen-bond acceptors (Lipinski definition) is 3. The Hall–Kier alpha value is -1.88. The minimum absolute atomic E-state index is 0.0342. The van der Waals surface area contributed by atoms with Crippen LogP contribution in [0.1, 0.15) is 48.5 Å². The largest absolute Gasteiger partial charge is 0.480 e. The minimum atomic E-state index is -0.765. The normalized spacial score (nSPS) is 22.9. The van der Waals surface area contributed by atoms with Gasteiger partial charge in [-0.3, -0.25) is 14.5 Å². The molecule has 0 bridgehead atoms. The van der Waals surface area contributed by atoms with Crippen molar-refractivity contribution in [2.24, 2.45) is 5.92 Å². The molecule has 0 radical (unpaired) electrons. The molecule has 0 saturated heterocycles. The van der Waals surface area contributed by atoms with Gasteiger partial charge in [-0.1, -0.05) is 19.1 Å². The summed E-state index contributed by atoms with van der Waals surface area (Å²) in [5.41, 5.74) is 1.91. The van der Waals surface area contributed by atoms with Gasteiger partial charge in [-0.2, -0.15) is 0 Å². The molecule has 130 valence electrons. The number of hydrogen-bond donors (Lipinski definition) is 2. The first kappa shape index (κ1) is 17.0. The summed E-state index contributed by atoms with van der Waals surface area (Å²) >= 11 is 0. The van der Waals surface area contributed by atoms with Crippen LogP contribution in [-0.4, -0.2) is 47.1 Å². The molecule has 0 aliphatic heterocycles. The Balaban J connectivity index is 1.47. The van der Waals surface area contributed by atoms with Gasteiger partial charge < -0.3 is 10.4 Å². The topological polar surface area (TPSA) is 69.6 Å². The van der Waals surface area contributed by atoms with Crippen molar-refractivity contribution >= 4 is 11.9 Å². The number of amides is 1. The smallest absolute Gasteiger partial charge is 0.317 e. The maximum absolute atomic E-state index is 12.3. The van der Waals surface area contributed by atoms with E-state index in [1.54, 1.807) is 0 Å². The Bertz CT molecular complexity index is 589. The van der Waals surface area contributed by atoms with Crippen LogP contribution in [0.15, 0.2) is 24.3 Å². The van der Waals surface area contributed by atoms with E-state index in [9.17, 15) is 9.59 Å². The number of carboxylic acid groups (broad SMARTS) is 1. The SMILES string of the molecule is CCc1ccc(C(=O)NC2CC(N(CC(=O)O)CC3CC3)C2)cc1. The third-order valence-corrected chi connectivity index (χ3v) is 5.12. The summed E-state index contributed by atoms with van der Waals surface area (Å²) in [5, 5.41) is 12.1. The first-order valence-electron chi connectivity index (χ1n) is 8.90. The molecule has 2 saturated carbocycles. The zero-order valence-electron chi connectivity index (χ0n) is 14.2. The van der Waals surface area contributed by atoms with E-state index >= 15 is 0 Å². The molecule has 1 aromatic rings. The number of nitrogens with one attached hydrogen (secondary N) is 1. The predicted molar refractivity (Wildman–Crippen MR) is 92.0 cm³/mol. The van der Waals surface area contributed by atoms with E-state index in [-0.39, 0.29) is 24.5 Å². The van der Waals surface area contributed by atoms with Crippen molar-refractivity contribution in [2.75, 3.05) is 13.1 Å². The van der Waals surface area contributed by atoms with Crippen LogP contribution in [0.3, 0.4) is 0 Å². The summed E-state index contributed by atoms with van der Waals surface area (Å²) in [7, 11) is 0. The average molecular weight is 330 g/mol. The first-order valence-corrected chi connectivity index (χ1v) is 8.90. The molecule has 2 N–H and O–H groups in total. The van der Waals surface area contributed by atoms with Crippen LogP contribution in [-0.2, 0) is 11.2 Å². The lowest BCUT2D eigenvalue weighted by atomic mass is 9.85. The zero-order chi connectivity index (χ0) is 17.1. The molecule has 5 nitrogen and oxygen atoms in total. The van der Waals surface area contributed by atoms with Gasteiger partial charge in [0.05, 0.1) is 6.54 Å². The molecule has 0 unspecified atom stereocenters. The van der Waals surface area contributed by atoms with Crippen LogP contribution in [0.4, 0.5) is 0 Å². The number of carboxylic acids is 1. The highest BCUT2D eigenvalue weighted by Gasteiger charge is 2.37. The second-order valence-electron chi connectivity index (χ2n) is 7.11. The number of nitrogens with zero attached hydrogens (tertiary/aromatic N) is 1.